The molecule has 1 unspecified atom stereocenters. The zero-order chi connectivity index (χ0) is 18.7. The van der Waals surface area contributed by atoms with Gasteiger partial charge in [0.05, 0.1) is 5.56 Å². The minimum atomic E-state index is -4.37. The summed E-state index contributed by atoms with van der Waals surface area (Å²) in [6.07, 6.45) is 0.0157. The molecule has 1 aromatic heterocycles. The molecule has 0 aromatic carbocycles. The van der Waals surface area contributed by atoms with Crippen LogP contribution in [0.5, 0.6) is 0 Å². The molecule has 0 spiro atoms. The van der Waals surface area contributed by atoms with Crippen molar-refractivity contribution < 1.29 is 18.0 Å². The number of carbonyl (C=O) groups is 1. The van der Waals surface area contributed by atoms with Crippen LogP contribution in [-0.2, 0) is 11.0 Å². The summed E-state index contributed by atoms with van der Waals surface area (Å²) in [7, 11) is 1.88. The van der Waals surface area contributed by atoms with E-state index in [0.717, 1.165) is 38.2 Å². The molecule has 1 amide bonds. The molecule has 0 radical (unpaired) electrons. The minimum absolute atomic E-state index is 0.0207. The van der Waals surface area contributed by atoms with Crippen molar-refractivity contribution in [2.45, 2.75) is 37.9 Å². The monoisotopic (exact) mass is 370 g/mol. The van der Waals surface area contributed by atoms with Crippen molar-refractivity contribution in [3.05, 3.63) is 23.9 Å². The van der Waals surface area contributed by atoms with Crippen molar-refractivity contribution >= 4 is 11.7 Å². The Bertz CT molecular complexity index is 606. The second-order valence-corrected chi connectivity index (χ2v) is 7.11. The number of likely N-dealkylation sites (N-methyl/N-ethyl adjacent to an activating group) is 1. The average molecular weight is 370 g/mol. The standard InChI is InChI=1S/C18H25F3N4O/c1-24(15-3-2-8-22-12-15)17(26)13-6-9-25(10-7-13)16-5-4-14(11-23-16)18(19,20)21/h4-5,11,13,15,22H,2-3,6-10,12H2,1H3. The Morgan fingerprint density at radius 2 is 2.00 bits per heavy atom. The quantitative estimate of drug-likeness (QED) is 0.888. The molecule has 2 aliphatic heterocycles. The first kappa shape index (κ1) is 18.9. The highest BCUT2D eigenvalue weighted by Gasteiger charge is 2.33. The highest BCUT2D eigenvalue weighted by molar-refractivity contribution is 5.79. The number of alkyl halides is 3. The molecule has 3 heterocycles. The highest BCUT2D eigenvalue weighted by Crippen LogP contribution is 2.30. The number of aromatic nitrogens is 1. The molecule has 1 N–H and O–H groups in total. The fourth-order valence-electron chi connectivity index (χ4n) is 3.73. The number of rotatable bonds is 3. The van der Waals surface area contributed by atoms with Crippen molar-refractivity contribution in [1.82, 2.24) is 15.2 Å². The Balaban J connectivity index is 1.54. The fourth-order valence-corrected chi connectivity index (χ4v) is 3.73. The van der Waals surface area contributed by atoms with Crippen molar-refractivity contribution in [1.29, 1.82) is 0 Å². The van der Waals surface area contributed by atoms with Gasteiger partial charge in [-0.15, -0.1) is 0 Å². The second kappa shape index (κ2) is 7.82. The molecule has 5 nitrogen and oxygen atoms in total. The number of amides is 1. The first-order valence-electron chi connectivity index (χ1n) is 9.12. The molecule has 8 heteroatoms. The van der Waals surface area contributed by atoms with Gasteiger partial charge in [0.1, 0.15) is 5.82 Å². The van der Waals surface area contributed by atoms with Gasteiger partial charge < -0.3 is 15.1 Å². The number of nitrogens with one attached hydrogen (secondary N) is 1. The van der Waals surface area contributed by atoms with Crippen LogP contribution >= 0.6 is 0 Å². The van der Waals surface area contributed by atoms with Gasteiger partial charge in [-0.1, -0.05) is 0 Å². The van der Waals surface area contributed by atoms with Crippen LogP contribution < -0.4 is 10.2 Å². The van der Waals surface area contributed by atoms with Crippen molar-refractivity contribution in [2.75, 3.05) is 38.1 Å². The molecule has 1 aromatic rings. The van der Waals surface area contributed by atoms with Crippen LogP contribution in [0.3, 0.4) is 0 Å². The number of pyridine rings is 1. The lowest BCUT2D eigenvalue weighted by atomic mass is 9.94. The van der Waals surface area contributed by atoms with E-state index in [9.17, 15) is 18.0 Å². The summed E-state index contributed by atoms with van der Waals surface area (Å²) in [5.74, 6) is 0.695. The number of piperidine rings is 2. The maximum Gasteiger partial charge on any atom is 0.417 e. The SMILES string of the molecule is CN(C(=O)C1CCN(c2ccc(C(F)(F)F)cn2)CC1)C1CCCNC1. The lowest BCUT2D eigenvalue weighted by Crippen LogP contribution is -2.50. The van der Waals surface area contributed by atoms with E-state index in [2.05, 4.69) is 10.3 Å². The van der Waals surface area contributed by atoms with E-state index in [-0.39, 0.29) is 17.9 Å². The Morgan fingerprint density at radius 3 is 2.54 bits per heavy atom. The zero-order valence-corrected chi connectivity index (χ0v) is 14.9. The lowest BCUT2D eigenvalue weighted by Gasteiger charge is -2.37. The number of hydrogen-bond donors (Lipinski definition) is 1. The number of nitrogens with zero attached hydrogens (tertiary/aromatic N) is 3. The van der Waals surface area contributed by atoms with E-state index >= 15 is 0 Å². The van der Waals surface area contributed by atoms with Gasteiger partial charge in [-0.2, -0.15) is 13.2 Å². The summed E-state index contributed by atoms with van der Waals surface area (Å²) < 4.78 is 37.9. The summed E-state index contributed by atoms with van der Waals surface area (Å²) in [5, 5.41) is 3.33. The van der Waals surface area contributed by atoms with Gasteiger partial charge in [-0.25, -0.2) is 4.98 Å². The molecule has 0 bridgehead atoms. The Hall–Kier alpha value is -1.83. The minimum Gasteiger partial charge on any atom is -0.357 e. The van der Waals surface area contributed by atoms with Crippen LogP contribution in [0.1, 0.15) is 31.2 Å². The van der Waals surface area contributed by atoms with Crippen LogP contribution in [0.25, 0.3) is 0 Å². The van der Waals surface area contributed by atoms with Crippen LogP contribution in [0.2, 0.25) is 0 Å². The lowest BCUT2D eigenvalue weighted by molar-refractivity contribution is -0.138. The smallest absolute Gasteiger partial charge is 0.357 e. The van der Waals surface area contributed by atoms with Crippen LogP contribution in [-0.4, -0.2) is 55.1 Å². The predicted octanol–water partition coefficient (Wildman–Crippen LogP) is 2.53. The summed E-state index contributed by atoms with van der Waals surface area (Å²) >= 11 is 0. The fraction of sp³-hybridized carbons (Fsp3) is 0.667. The Labute approximate surface area is 151 Å². The average Bonchev–Trinajstić information content (AvgIpc) is 2.67. The molecular weight excluding hydrogens is 345 g/mol. The van der Waals surface area contributed by atoms with Gasteiger partial charge >= 0.3 is 6.18 Å². The van der Waals surface area contributed by atoms with Crippen molar-refractivity contribution in [2.24, 2.45) is 5.92 Å². The first-order chi connectivity index (χ1) is 12.4. The Morgan fingerprint density at radius 1 is 1.27 bits per heavy atom. The van der Waals surface area contributed by atoms with Crippen molar-refractivity contribution in [3.63, 3.8) is 0 Å². The van der Waals surface area contributed by atoms with E-state index in [1.165, 1.54) is 6.07 Å². The van der Waals surface area contributed by atoms with E-state index in [0.29, 0.717) is 31.7 Å². The van der Waals surface area contributed by atoms with E-state index in [4.69, 9.17) is 0 Å². The highest BCUT2D eigenvalue weighted by atomic mass is 19.4. The molecule has 1 atom stereocenters. The van der Waals surface area contributed by atoms with Crippen molar-refractivity contribution in [3.8, 4) is 0 Å². The van der Waals surface area contributed by atoms with Gasteiger partial charge in [0, 0.05) is 44.8 Å². The van der Waals surface area contributed by atoms with Crippen LogP contribution in [0.15, 0.2) is 18.3 Å². The second-order valence-electron chi connectivity index (χ2n) is 7.11. The summed E-state index contributed by atoms with van der Waals surface area (Å²) in [4.78, 5) is 20.5. The molecule has 0 saturated carbocycles. The van der Waals surface area contributed by atoms with E-state index < -0.39 is 11.7 Å². The third-order valence-corrected chi connectivity index (χ3v) is 5.41. The van der Waals surface area contributed by atoms with Gasteiger partial charge in [0.15, 0.2) is 0 Å². The molecule has 2 fully saturated rings. The maximum absolute atomic E-state index is 12.7. The van der Waals surface area contributed by atoms with E-state index in [1.54, 1.807) is 0 Å². The molecule has 2 saturated heterocycles. The molecule has 0 aliphatic carbocycles. The topological polar surface area (TPSA) is 48.5 Å². The van der Waals surface area contributed by atoms with Crippen LogP contribution in [0, 0.1) is 5.92 Å². The maximum atomic E-state index is 12.7. The molecule has 144 valence electrons. The summed E-state index contributed by atoms with van der Waals surface area (Å²) in [5.41, 5.74) is -0.742. The zero-order valence-electron chi connectivity index (χ0n) is 14.9. The summed E-state index contributed by atoms with van der Waals surface area (Å²) in [6.45, 7) is 3.12. The number of anilines is 1. The number of halogens is 3. The van der Waals surface area contributed by atoms with Crippen LogP contribution in [0.4, 0.5) is 19.0 Å². The predicted molar refractivity (Wildman–Crippen MR) is 92.8 cm³/mol. The number of hydrogen-bond acceptors (Lipinski definition) is 4. The largest absolute Gasteiger partial charge is 0.417 e. The normalized spacial score (nSPS) is 22.3. The van der Waals surface area contributed by atoms with E-state index in [1.807, 2.05) is 16.8 Å². The molecule has 2 aliphatic rings. The molecule has 26 heavy (non-hydrogen) atoms. The molecular formula is C18H25F3N4O. The molecule has 3 rings (SSSR count). The van der Waals surface area contributed by atoms with Gasteiger partial charge in [0.2, 0.25) is 5.91 Å². The third kappa shape index (κ3) is 4.28. The summed E-state index contributed by atoms with van der Waals surface area (Å²) in [6, 6.07) is 2.72. The van der Waals surface area contributed by atoms with Gasteiger partial charge in [-0.05, 0) is 44.4 Å². The Kier molecular flexibility index (Phi) is 5.70. The number of carbonyl (C=O) groups excluding carboxylic acids is 1. The van der Waals surface area contributed by atoms with Gasteiger partial charge in [-0.3, -0.25) is 4.79 Å². The third-order valence-electron chi connectivity index (χ3n) is 5.41. The first-order valence-corrected chi connectivity index (χ1v) is 9.12. The van der Waals surface area contributed by atoms with Gasteiger partial charge in [0.25, 0.3) is 0 Å².